The first-order valence-electron chi connectivity index (χ1n) is 8.04. The lowest BCUT2D eigenvalue weighted by molar-refractivity contribution is -0.120. The Morgan fingerprint density at radius 2 is 2.00 bits per heavy atom. The van der Waals surface area contributed by atoms with Crippen LogP contribution in [0.1, 0.15) is 25.5 Å². The smallest absolute Gasteiger partial charge is 0.250 e. The van der Waals surface area contributed by atoms with E-state index in [0.717, 1.165) is 30.0 Å². The lowest BCUT2D eigenvalue weighted by Gasteiger charge is -2.29. The van der Waals surface area contributed by atoms with E-state index in [0.29, 0.717) is 6.54 Å². The summed E-state index contributed by atoms with van der Waals surface area (Å²) in [6.45, 7) is 6.09. The number of carbonyl (C=O) groups excluding carboxylic acids is 1. The molecular weight excluding hydrogens is 378 g/mol. The van der Waals surface area contributed by atoms with Gasteiger partial charge in [0.15, 0.2) is 0 Å². The highest BCUT2D eigenvalue weighted by Crippen LogP contribution is 2.22. The molecule has 138 valence electrons. The van der Waals surface area contributed by atoms with E-state index < -0.39 is 10.0 Å². The molecule has 0 saturated carbocycles. The van der Waals surface area contributed by atoms with Crippen molar-refractivity contribution < 1.29 is 13.2 Å². The number of nitrogens with one attached hydrogen (secondary N) is 2. The largest absolute Gasteiger partial charge is 0.353 e. The standard InChI is InChI=1S/C16H23N3O3S3/c1-3-19(4-2)14(13-7-9-23-12-13)10-17-15(20)11-18-25(21,22)16-6-5-8-24-16/h5-9,12,14,18H,3-4,10-11H2,1-2H3,(H,17,20). The average Bonchev–Trinajstić information content (AvgIpc) is 3.30. The van der Waals surface area contributed by atoms with Crippen molar-refractivity contribution in [3.8, 4) is 0 Å². The van der Waals surface area contributed by atoms with Crippen molar-refractivity contribution in [2.45, 2.75) is 24.1 Å². The summed E-state index contributed by atoms with van der Waals surface area (Å²) in [5, 5.41) is 8.62. The number of carbonyl (C=O) groups is 1. The Morgan fingerprint density at radius 1 is 1.24 bits per heavy atom. The highest BCUT2D eigenvalue weighted by atomic mass is 32.2. The molecule has 0 fully saturated rings. The van der Waals surface area contributed by atoms with Crippen LogP contribution in [0.4, 0.5) is 0 Å². The monoisotopic (exact) mass is 401 g/mol. The molecule has 1 amide bonds. The van der Waals surface area contributed by atoms with Crippen LogP contribution in [-0.2, 0) is 14.8 Å². The van der Waals surface area contributed by atoms with Crippen LogP contribution in [-0.4, -0.2) is 45.4 Å². The molecule has 2 rings (SSSR count). The number of thiophene rings is 2. The van der Waals surface area contributed by atoms with Crippen molar-refractivity contribution >= 4 is 38.6 Å². The molecule has 0 aromatic carbocycles. The van der Waals surface area contributed by atoms with Crippen molar-refractivity contribution in [3.63, 3.8) is 0 Å². The summed E-state index contributed by atoms with van der Waals surface area (Å²) < 4.78 is 26.6. The van der Waals surface area contributed by atoms with Gasteiger partial charge in [-0.05, 0) is 46.9 Å². The van der Waals surface area contributed by atoms with E-state index >= 15 is 0 Å². The summed E-state index contributed by atoms with van der Waals surface area (Å²) in [6, 6.07) is 5.31. The number of rotatable bonds is 10. The van der Waals surface area contributed by atoms with E-state index in [2.05, 4.69) is 40.2 Å². The minimum absolute atomic E-state index is 0.0825. The number of hydrogen-bond donors (Lipinski definition) is 2. The minimum Gasteiger partial charge on any atom is -0.353 e. The third-order valence-electron chi connectivity index (χ3n) is 3.86. The zero-order valence-electron chi connectivity index (χ0n) is 14.3. The summed E-state index contributed by atoms with van der Waals surface area (Å²) in [7, 11) is -3.62. The number of likely N-dealkylation sites (N-methyl/N-ethyl adjacent to an activating group) is 1. The van der Waals surface area contributed by atoms with Crippen LogP contribution in [0.15, 0.2) is 38.5 Å². The summed E-state index contributed by atoms with van der Waals surface area (Å²) in [4.78, 5) is 14.3. The highest BCUT2D eigenvalue weighted by Gasteiger charge is 2.20. The number of sulfonamides is 1. The van der Waals surface area contributed by atoms with Crippen molar-refractivity contribution in [2.75, 3.05) is 26.2 Å². The van der Waals surface area contributed by atoms with Crippen LogP contribution >= 0.6 is 22.7 Å². The normalized spacial score (nSPS) is 13.1. The van der Waals surface area contributed by atoms with E-state index in [1.807, 2.05) is 5.38 Å². The maximum atomic E-state index is 12.1. The van der Waals surface area contributed by atoms with E-state index in [-0.39, 0.29) is 22.7 Å². The SMILES string of the molecule is CCN(CC)C(CNC(=O)CNS(=O)(=O)c1cccs1)c1ccsc1. The van der Waals surface area contributed by atoms with E-state index in [1.54, 1.807) is 22.8 Å². The van der Waals surface area contributed by atoms with Crippen LogP contribution < -0.4 is 10.0 Å². The molecule has 0 aliphatic heterocycles. The van der Waals surface area contributed by atoms with Crippen LogP contribution in [0, 0.1) is 0 Å². The van der Waals surface area contributed by atoms with Gasteiger partial charge in [0.25, 0.3) is 10.0 Å². The number of hydrogen-bond acceptors (Lipinski definition) is 6. The molecule has 0 saturated heterocycles. The zero-order chi connectivity index (χ0) is 18.3. The van der Waals surface area contributed by atoms with Gasteiger partial charge in [0.2, 0.25) is 5.91 Å². The van der Waals surface area contributed by atoms with Gasteiger partial charge in [0.05, 0.1) is 12.6 Å². The van der Waals surface area contributed by atoms with Crippen molar-refractivity contribution in [1.82, 2.24) is 14.9 Å². The van der Waals surface area contributed by atoms with Crippen LogP contribution in [0.5, 0.6) is 0 Å². The first kappa shape index (κ1) is 20.1. The fraction of sp³-hybridized carbons (Fsp3) is 0.438. The van der Waals surface area contributed by atoms with Crippen LogP contribution in [0.3, 0.4) is 0 Å². The van der Waals surface area contributed by atoms with Gasteiger partial charge in [-0.25, -0.2) is 13.1 Å². The predicted molar refractivity (Wildman–Crippen MR) is 102 cm³/mol. The second-order valence-electron chi connectivity index (χ2n) is 5.35. The third-order valence-corrected chi connectivity index (χ3v) is 7.36. The number of nitrogens with zero attached hydrogens (tertiary/aromatic N) is 1. The molecule has 1 unspecified atom stereocenters. The van der Waals surface area contributed by atoms with Crippen molar-refractivity contribution in [3.05, 3.63) is 39.9 Å². The predicted octanol–water partition coefficient (Wildman–Crippen LogP) is 2.29. The maximum absolute atomic E-state index is 12.1. The molecule has 2 aromatic heterocycles. The molecule has 0 aliphatic rings. The van der Waals surface area contributed by atoms with Crippen LogP contribution in [0.2, 0.25) is 0 Å². The van der Waals surface area contributed by atoms with E-state index in [9.17, 15) is 13.2 Å². The lowest BCUT2D eigenvalue weighted by atomic mass is 10.1. The fourth-order valence-corrected chi connectivity index (χ4v) is 5.23. The quantitative estimate of drug-likeness (QED) is 0.640. The molecular formula is C16H23N3O3S3. The van der Waals surface area contributed by atoms with Gasteiger partial charge in [0, 0.05) is 6.54 Å². The molecule has 1 atom stereocenters. The summed E-state index contributed by atoms with van der Waals surface area (Å²) >= 11 is 2.74. The minimum atomic E-state index is -3.62. The topological polar surface area (TPSA) is 78.5 Å². The molecule has 0 bridgehead atoms. The maximum Gasteiger partial charge on any atom is 0.250 e. The Balaban J connectivity index is 1.91. The van der Waals surface area contributed by atoms with Gasteiger partial charge in [0.1, 0.15) is 4.21 Å². The molecule has 0 radical (unpaired) electrons. The highest BCUT2D eigenvalue weighted by molar-refractivity contribution is 7.91. The van der Waals surface area contributed by atoms with Gasteiger partial charge < -0.3 is 5.32 Å². The number of amides is 1. The lowest BCUT2D eigenvalue weighted by Crippen LogP contribution is -2.42. The molecule has 2 N–H and O–H groups in total. The third kappa shape index (κ3) is 5.61. The molecule has 6 nitrogen and oxygen atoms in total. The van der Waals surface area contributed by atoms with Crippen molar-refractivity contribution in [1.29, 1.82) is 0 Å². The van der Waals surface area contributed by atoms with Gasteiger partial charge in [-0.3, -0.25) is 9.69 Å². The van der Waals surface area contributed by atoms with Crippen LogP contribution in [0.25, 0.3) is 0 Å². The first-order valence-corrected chi connectivity index (χ1v) is 11.3. The van der Waals surface area contributed by atoms with E-state index in [4.69, 9.17) is 0 Å². The van der Waals surface area contributed by atoms with Gasteiger partial charge in [-0.1, -0.05) is 19.9 Å². The molecule has 25 heavy (non-hydrogen) atoms. The fourth-order valence-electron chi connectivity index (χ4n) is 2.51. The van der Waals surface area contributed by atoms with Gasteiger partial charge in [-0.2, -0.15) is 11.3 Å². The molecule has 9 heteroatoms. The second-order valence-corrected chi connectivity index (χ2v) is 9.08. The zero-order valence-corrected chi connectivity index (χ0v) is 16.7. The Bertz CT molecular complexity index is 739. The Hall–Kier alpha value is -1.26. The molecule has 0 spiro atoms. The summed E-state index contributed by atoms with van der Waals surface area (Å²) in [5.74, 6) is -0.340. The van der Waals surface area contributed by atoms with E-state index in [1.165, 1.54) is 6.07 Å². The Labute approximate surface area is 156 Å². The summed E-state index contributed by atoms with van der Waals surface area (Å²) in [5.41, 5.74) is 1.16. The Kier molecular flexibility index (Phi) is 7.57. The van der Waals surface area contributed by atoms with Gasteiger partial charge >= 0.3 is 0 Å². The first-order chi connectivity index (χ1) is 12.0. The van der Waals surface area contributed by atoms with Gasteiger partial charge in [-0.15, -0.1) is 11.3 Å². The second kappa shape index (κ2) is 9.44. The average molecular weight is 402 g/mol. The Morgan fingerprint density at radius 3 is 2.56 bits per heavy atom. The molecule has 2 heterocycles. The summed E-state index contributed by atoms with van der Waals surface area (Å²) in [6.07, 6.45) is 0. The molecule has 0 aliphatic carbocycles. The molecule has 2 aromatic rings. The van der Waals surface area contributed by atoms with Crippen molar-refractivity contribution in [2.24, 2.45) is 0 Å².